The fourth-order valence-electron chi connectivity index (χ4n) is 3.14. The number of aliphatic imine (C=N–C) groups is 3. The lowest BCUT2D eigenvalue weighted by Gasteiger charge is -2.28. The van der Waals surface area contributed by atoms with Gasteiger partial charge in [0.15, 0.2) is 12.1 Å². The number of amidine groups is 1. The molecule has 32 heavy (non-hydrogen) atoms. The van der Waals surface area contributed by atoms with Gasteiger partial charge in [-0.15, -0.1) is 4.86 Å². The monoisotopic (exact) mass is 521 g/mol. The highest BCUT2D eigenvalue weighted by molar-refractivity contribution is 7.70. The molecule has 0 bridgehead atoms. The average molecular weight is 521 g/mol. The quantitative estimate of drug-likeness (QED) is 0.109. The van der Waals surface area contributed by atoms with Gasteiger partial charge in [-0.3, -0.25) is 9.52 Å². The van der Waals surface area contributed by atoms with Crippen molar-refractivity contribution in [2.24, 2.45) is 15.0 Å². The highest BCUT2D eigenvalue weighted by Crippen LogP contribution is 2.61. The number of aliphatic hydroxyl groups is 2. The molecule has 4 heterocycles. The van der Waals surface area contributed by atoms with Gasteiger partial charge in [0.2, 0.25) is 5.79 Å². The van der Waals surface area contributed by atoms with Gasteiger partial charge in [-0.25, -0.2) is 34.5 Å². The number of aliphatic hydroxyl groups excluding tert-OH is 2. The Balaban J connectivity index is 1.37. The van der Waals surface area contributed by atoms with E-state index in [2.05, 4.69) is 34.7 Å². The van der Waals surface area contributed by atoms with Gasteiger partial charge in [-0.05, 0) is 0 Å². The van der Waals surface area contributed by atoms with Crippen LogP contribution in [0.4, 0.5) is 0 Å². The summed E-state index contributed by atoms with van der Waals surface area (Å²) in [5.41, 5.74) is 6.03. The van der Waals surface area contributed by atoms with Crippen LogP contribution in [0.1, 0.15) is 0 Å². The Labute approximate surface area is 178 Å². The minimum absolute atomic E-state index is 0.00595. The zero-order valence-corrected chi connectivity index (χ0v) is 18.2. The summed E-state index contributed by atoms with van der Waals surface area (Å²) in [6.45, 7) is -0.908. The molecule has 2 unspecified atom stereocenters. The van der Waals surface area contributed by atoms with Crippen molar-refractivity contribution in [2.75, 3.05) is 13.3 Å². The predicted molar refractivity (Wildman–Crippen MR) is 102 cm³/mol. The molecule has 0 saturated carbocycles. The van der Waals surface area contributed by atoms with Gasteiger partial charge in [-0.2, -0.15) is 4.31 Å². The molecule has 0 radical (unpaired) electrons. The number of nitrogens with one attached hydrogen (secondary N) is 3. The summed E-state index contributed by atoms with van der Waals surface area (Å²) >= 11 is 0. The van der Waals surface area contributed by atoms with Gasteiger partial charge in [0.25, 0.3) is 0 Å². The maximum Gasteiger partial charge on any atom is 0.480 e. The van der Waals surface area contributed by atoms with Crippen LogP contribution in [-0.4, -0.2) is 96.2 Å². The molecule has 0 aromatic heterocycles. The molecule has 0 aromatic carbocycles. The maximum absolute atomic E-state index is 11.9. The molecule has 19 nitrogen and oxygen atoms in total. The van der Waals surface area contributed by atoms with Crippen molar-refractivity contribution >= 4 is 41.2 Å². The molecule has 22 heteroatoms. The van der Waals surface area contributed by atoms with Gasteiger partial charge >= 0.3 is 23.3 Å². The second-order valence-corrected chi connectivity index (χ2v) is 11.6. The number of hydrogen-bond donors (Lipinski definition) is 9. The topological polar surface area (TPSA) is 297 Å². The van der Waals surface area contributed by atoms with Crippen molar-refractivity contribution < 1.29 is 57.1 Å². The molecule has 4 rings (SSSR count). The largest absolute Gasteiger partial charge is 0.480 e. The molecule has 6 atom stereocenters. The van der Waals surface area contributed by atoms with Crippen molar-refractivity contribution in [1.29, 1.82) is 0 Å². The van der Waals surface area contributed by atoms with Crippen LogP contribution < -0.4 is 15.7 Å². The van der Waals surface area contributed by atoms with E-state index in [4.69, 9.17) is 14.5 Å². The highest BCUT2D eigenvalue weighted by Gasteiger charge is 2.56. The second-order valence-electron chi connectivity index (χ2n) is 6.83. The molecule has 0 aliphatic carbocycles. The predicted octanol–water partition coefficient (Wildman–Crippen LogP) is -3.73. The number of hydrogen-bond acceptors (Lipinski definition) is 14. The van der Waals surface area contributed by atoms with Gasteiger partial charge in [0.1, 0.15) is 37.0 Å². The SMILES string of the molecule is O=P(O)(O)NP(=O)(O)OP(=O)(O)OC[C@H]1O[C@@H](N2CN=C3C2=NC=NC32NN2)[C@H](O)[C@@H]1O. The lowest BCUT2D eigenvalue weighted by molar-refractivity contribution is -0.0679. The molecule has 4 aliphatic heterocycles. The summed E-state index contributed by atoms with van der Waals surface area (Å²) in [5, 5.41) is 20.6. The lowest BCUT2D eigenvalue weighted by Crippen LogP contribution is -2.49. The third-order valence-electron chi connectivity index (χ3n) is 4.52. The van der Waals surface area contributed by atoms with Crippen LogP contribution in [0, 0.1) is 0 Å². The van der Waals surface area contributed by atoms with E-state index in [1.807, 2.05) is 0 Å². The Kier molecular flexibility index (Phi) is 6.08. The van der Waals surface area contributed by atoms with E-state index in [0.29, 0.717) is 11.5 Å². The fourth-order valence-corrected chi connectivity index (χ4v) is 6.58. The minimum Gasteiger partial charge on any atom is -0.387 e. The minimum atomic E-state index is -5.44. The van der Waals surface area contributed by atoms with E-state index in [-0.39, 0.29) is 6.67 Å². The van der Waals surface area contributed by atoms with Gasteiger partial charge in [0, 0.05) is 0 Å². The van der Waals surface area contributed by atoms with Gasteiger partial charge in [-0.1, -0.05) is 0 Å². The molecule has 1 spiro atoms. The van der Waals surface area contributed by atoms with Crippen LogP contribution >= 0.6 is 23.3 Å². The molecule has 0 aromatic rings. The van der Waals surface area contributed by atoms with Crippen molar-refractivity contribution in [3.63, 3.8) is 0 Å². The first kappa shape index (κ1) is 24.2. The Morgan fingerprint density at radius 3 is 2.53 bits per heavy atom. The van der Waals surface area contributed by atoms with E-state index in [1.165, 1.54) is 11.2 Å². The first-order chi connectivity index (χ1) is 14.7. The first-order valence-electron chi connectivity index (χ1n) is 8.58. The molecule has 2 fully saturated rings. The normalized spacial score (nSPS) is 34.6. The molecule has 9 N–H and O–H groups in total. The summed E-state index contributed by atoms with van der Waals surface area (Å²) in [4.78, 5) is 50.8. The second kappa shape index (κ2) is 8.06. The van der Waals surface area contributed by atoms with Gasteiger partial charge < -0.3 is 39.4 Å². The number of rotatable bonds is 8. The number of fused-ring (bicyclic) bond motifs is 2. The maximum atomic E-state index is 11.9. The van der Waals surface area contributed by atoms with Crippen LogP contribution in [0.5, 0.6) is 0 Å². The van der Waals surface area contributed by atoms with Gasteiger partial charge in [0.05, 0.1) is 6.61 Å². The van der Waals surface area contributed by atoms with Crippen LogP contribution in [-0.2, 0) is 27.3 Å². The number of hydrazine groups is 1. The van der Waals surface area contributed by atoms with E-state index < -0.39 is 60.2 Å². The third kappa shape index (κ3) is 4.92. The molecular formula is C10H18N7O12P3. The molecule has 0 amide bonds. The number of ether oxygens (including phenoxy) is 1. The summed E-state index contributed by atoms with van der Waals surface area (Å²) < 4.78 is 48.0. The van der Waals surface area contributed by atoms with Crippen molar-refractivity contribution in [1.82, 2.24) is 20.6 Å². The number of phosphoric acid groups is 1. The Morgan fingerprint density at radius 1 is 1.22 bits per heavy atom. The van der Waals surface area contributed by atoms with E-state index in [0.717, 1.165) is 4.86 Å². The zero-order valence-electron chi connectivity index (χ0n) is 15.6. The van der Waals surface area contributed by atoms with Crippen molar-refractivity contribution in [2.45, 2.75) is 30.3 Å². The summed E-state index contributed by atoms with van der Waals surface area (Å²) in [6, 6.07) is 0. The Morgan fingerprint density at radius 2 is 1.91 bits per heavy atom. The van der Waals surface area contributed by atoms with E-state index in [9.17, 15) is 33.7 Å². The standard InChI is InChI=1S/C10H18N7O12P3/c18-5-4(1-27-32(25,26)29-31(23,24)16-30(20,21)22)28-9(6(5)19)17-3-12-7-8(17)11-2-13-10(7)14-15-10/h2,4-6,9,14-15,18-19H,1,3H2,(H,25,26)(H4,16,20,21,22,23,24)/t4-,5-,6-,9-/m1/s1. The van der Waals surface area contributed by atoms with E-state index >= 15 is 0 Å². The summed E-state index contributed by atoms with van der Waals surface area (Å²) in [5.74, 6) is -0.618. The zero-order chi connectivity index (χ0) is 23.5. The summed E-state index contributed by atoms with van der Waals surface area (Å²) in [7, 11) is -16.1. The van der Waals surface area contributed by atoms with Crippen LogP contribution in [0.25, 0.3) is 0 Å². The van der Waals surface area contributed by atoms with E-state index in [1.54, 1.807) is 0 Å². The average Bonchev–Trinajstić information content (AvgIpc) is 3.16. The van der Waals surface area contributed by atoms with Crippen LogP contribution in [0.2, 0.25) is 0 Å². The Hall–Kier alpha value is -0.980. The summed E-state index contributed by atoms with van der Waals surface area (Å²) in [6.07, 6.45) is -4.49. The first-order valence-corrected chi connectivity index (χ1v) is 13.3. The number of nitrogens with zero attached hydrogens (tertiary/aromatic N) is 4. The third-order valence-corrected chi connectivity index (χ3v) is 8.76. The fraction of sp³-hybridized carbons (Fsp3) is 0.700. The van der Waals surface area contributed by atoms with Crippen molar-refractivity contribution in [3.8, 4) is 0 Å². The molecule has 180 valence electrons. The van der Waals surface area contributed by atoms with Crippen LogP contribution in [0.3, 0.4) is 0 Å². The van der Waals surface area contributed by atoms with Crippen LogP contribution in [0.15, 0.2) is 15.0 Å². The molecule has 2 saturated heterocycles. The number of phosphoric ester groups is 1. The Bertz CT molecular complexity index is 1020. The lowest BCUT2D eigenvalue weighted by atomic mass is 10.1. The molecular weight excluding hydrogens is 503 g/mol. The molecule has 4 aliphatic rings. The van der Waals surface area contributed by atoms with Crippen molar-refractivity contribution in [3.05, 3.63) is 0 Å². The highest BCUT2D eigenvalue weighted by atomic mass is 31.3. The smallest absolute Gasteiger partial charge is 0.387 e.